The van der Waals surface area contributed by atoms with Gasteiger partial charge in [-0.15, -0.1) is 0 Å². The fraction of sp³-hybridized carbons (Fsp3) is 0.867. The van der Waals surface area contributed by atoms with Gasteiger partial charge in [0.2, 0.25) is 0 Å². The van der Waals surface area contributed by atoms with Crippen LogP contribution in [0.15, 0.2) is 6.33 Å². The smallest absolute Gasteiger partial charge is 0.141 e. The third-order valence-electron chi connectivity index (χ3n) is 4.32. The van der Waals surface area contributed by atoms with Crippen LogP contribution >= 0.6 is 0 Å². The first-order chi connectivity index (χ1) is 9.60. The molecule has 0 aromatic carbocycles. The molecule has 1 aromatic heterocycles. The van der Waals surface area contributed by atoms with Crippen molar-refractivity contribution >= 4 is 0 Å². The molecule has 1 heterocycles. The second-order valence-electron chi connectivity index (χ2n) is 6.52. The summed E-state index contributed by atoms with van der Waals surface area (Å²) in [5.41, 5.74) is 0. The quantitative estimate of drug-likeness (QED) is 0.865. The molecule has 1 aliphatic carbocycles. The van der Waals surface area contributed by atoms with E-state index in [2.05, 4.69) is 35.9 Å². The Hall–Kier alpha value is -0.940. The van der Waals surface area contributed by atoms with E-state index in [1.165, 1.54) is 12.8 Å². The molecule has 0 spiro atoms. The minimum absolute atomic E-state index is 0.346. The minimum Gasteiger partial charge on any atom is -0.396 e. The Balaban J connectivity index is 1.88. The maximum atomic E-state index is 9.21. The van der Waals surface area contributed by atoms with Crippen LogP contribution in [-0.2, 0) is 13.1 Å². The van der Waals surface area contributed by atoms with Crippen molar-refractivity contribution in [2.75, 3.05) is 13.7 Å². The van der Waals surface area contributed by atoms with Crippen molar-refractivity contribution in [1.29, 1.82) is 0 Å². The van der Waals surface area contributed by atoms with Gasteiger partial charge in [-0.3, -0.25) is 4.90 Å². The van der Waals surface area contributed by atoms with E-state index in [1.54, 1.807) is 6.33 Å². The lowest BCUT2D eigenvalue weighted by molar-refractivity contribution is 0.121. The van der Waals surface area contributed by atoms with Crippen LogP contribution in [0.3, 0.4) is 0 Å². The SMILES string of the molecule is CC(C)Cn1ncnc1CN(C)C1CCC(CO)CC1. The molecule has 0 atom stereocenters. The van der Waals surface area contributed by atoms with Gasteiger partial charge >= 0.3 is 0 Å². The van der Waals surface area contributed by atoms with Crippen molar-refractivity contribution in [3.8, 4) is 0 Å². The maximum Gasteiger partial charge on any atom is 0.141 e. The highest BCUT2D eigenvalue weighted by atomic mass is 16.3. The van der Waals surface area contributed by atoms with Crippen molar-refractivity contribution in [2.45, 2.75) is 58.7 Å². The van der Waals surface area contributed by atoms with Gasteiger partial charge in [-0.1, -0.05) is 13.8 Å². The lowest BCUT2D eigenvalue weighted by atomic mass is 9.86. The van der Waals surface area contributed by atoms with Crippen LogP contribution in [0.5, 0.6) is 0 Å². The van der Waals surface area contributed by atoms with Crippen LogP contribution in [0, 0.1) is 11.8 Å². The Labute approximate surface area is 122 Å². The number of hydrogen-bond donors (Lipinski definition) is 1. The standard InChI is InChI=1S/C15H28N4O/c1-12(2)8-19-15(16-11-17-19)9-18(3)14-6-4-13(10-20)5-7-14/h11-14,20H,4-10H2,1-3H3. The number of aromatic nitrogens is 3. The Bertz CT molecular complexity index is 396. The van der Waals surface area contributed by atoms with Crippen molar-refractivity contribution in [3.05, 3.63) is 12.2 Å². The average molecular weight is 280 g/mol. The van der Waals surface area contributed by atoms with E-state index >= 15 is 0 Å². The van der Waals surface area contributed by atoms with Crippen LogP contribution in [0.4, 0.5) is 0 Å². The second-order valence-corrected chi connectivity index (χ2v) is 6.52. The van der Waals surface area contributed by atoms with E-state index in [0.717, 1.165) is 31.8 Å². The first-order valence-corrected chi connectivity index (χ1v) is 7.78. The number of hydrogen-bond acceptors (Lipinski definition) is 4. The van der Waals surface area contributed by atoms with E-state index in [1.807, 2.05) is 4.68 Å². The van der Waals surface area contributed by atoms with Crippen molar-refractivity contribution in [1.82, 2.24) is 19.7 Å². The zero-order valence-corrected chi connectivity index (χ0v) is 13.0. The molecule has 0 amide bonds. The third-order valence-corrected chi connectivity index (χ3v) is 4.32. The first kappa shape index (κ1) is 15.4. The fourth-order valence-electron chi connectivity index (χ4n) is 3.03. The summed E-state index contributed by atoms with van der Waals surface area (Å²) in [5, 5.41) is 13.5. The van der Waals surface area contributed by atoms with Crippen molar-refractivity contribution in [3.63, 3.8) is 0 Å². The summed E-state index contributed by atoms with van der Waals surface area (Å²) in [5.74, 6) is 2.16. The third kappa shape index (κ3) is 4.03. The Morgan fingerprint density at radius 1 is 1.35 bits per heavy atom. The fourth-order valence-corrected chi connectivity index (χ4v) is 3.03. The molecule has 2 rings (SSSR count). The van der Waals surface area contributed by atoms with Crippen molar-refractivity contribution in [2.24, 2.45) is 11.8 Å². The lowest BCUT2D eigenvalue weighted by Crippen LogP contribution is -2.36. The van der Waals surface area contributed by atoms with E-state index in [4.69, 9.17) is 0 Å². The van der Waals surface area contributed by atoms with Gasteiger partial charge in [-0.25, -0.2) is 9.67 Å². The summed E-state index contributed by atoms with van der Waals surface area (Å²) in [6.07, 6.45) is 6.31. The minimum atomic E-state index is 0.346. The molecule has 0 saturated heterocycles. The zero-order chi connectivity index (χ0) is 14.5. The van der Waals surface area contributed by atoms with Gasteiger partial charge in [0, 0.05) is 19.2 Å². The Morgan fingerprint density at radius 3 is 2.65 bits per heavy atom. The zero-order valence-electron chi connectivity index (χ0n) is 13.0. The molecule has 0 aliphatic heterocycles. The van der Waals surface area contributed by atoms with Crippen LogP contribution < -0.4 is 0 Å². The highest BCUT2D eigenvalue weighted by Gasteiger charge is 2.24. The molecule has 1 saturated carbocycles. The molecule has 0 radical (unpaired) electrons. The predicted molar refractivity (Wildman–Crippen MR) is 79.2 cm³/mol. The molecular weight excluding hydrogens is 252 g/mol. The van der Waals surface area contributed by atoms with Crippen LogP contribution in [0.25, 0.3) is 0 Å². The largest absolute Gasteiger partial charge is 0.396 e. The topological polar surface area (TPSA) is 54.2 Å². The molecule has 1 fully saturated rings. The average Bonchev–Trinajstić information content (AvgIpc) is 2.85. The Kier molecular flexibility index (Phi) is 5.54. The number of nitrogens with zero attached hydrogens (tertiary/aromatic N) is 4. The molecule has 1 aliphatic rings. The summed E-state index contributed by atoms with van der Waals surface area (Å²) < 4.78 is 2.03. The maximum absolute atomic E-state index is 9.21. The van der Waals surface area contributed by atoms with E-state index in [0.29, 0.717) is 24.5 Å². The van der Waals surface area contributed by atoms with Crippen LogP contribution in [-0.4, -0.2) is 44.5 Å². The highest BCUT2D eigenvalue weighted by molar-refractivity contribution is 4.87. The number of aliphatic hydroxyl groups excluding tert-OH is 1. The lowest BCUT2D eigenvalue weighted by Gasteiger charge is -2.33. The molecule has 1 N–H and O–H groups in total. The van der Waals surface area contributed by atoms with Gasteiger partial charge in [-0.2, -0.15) is 5.10 Å². The van der Waals surface area contributed by atoms with Gasteiger partial charge in [-0.05, 0) is 44.6 Å². The summed E-state index contributed by atoms with van der Waals surface area (Å²) in [6.45, 7) is 6.54. The van der Waals surface area contributed by atoms with Gasteiger partial charge in [0.1, 0.15) is 12.2 Å². The van der Waals surface area contributed by atoms with E-state index < -0.39 is 0 Å². The predicted octanol–water partition coefficient (Wildman–Crippen LogP) is 1.92. The monoisotopic (exact) mass is 280 g/mol. The van der Waals surface area contributed by atoms with Crippen LogP contribution in [0.1, 0.15) is 45.4 Å². The summed E-state index contributed by atoms with van der Waals surface area (Å²) >= 11 is 0. The summed E-state index contributed by atoms with van der Waals surface area (Å²) in [7, 11) is 2.18. The van der Waals surface area contributed by atoms with Gasteiger partial charge < -0.3 is 5.11 Å². The Morgan fingerprint density at radius 2 is 2.05 bits per heavy atom. The number of aliphatic hydroxyl groups is 1. The van der Waals surface area contributed by atoms with Gasteiger partial charge in [0.05, 0.1) is 6.54 Å². The summed E-state index contributed by atoms with van der Waals surface area (Å²) in [4.78, 5) is 6.80. The normalized spacial score (nSPS) is 23.7. The molecule has 1 aromatic rings. The molecule has 0 unspecified atom stereocenters. The molecule has 5 heteroatoms. The van der Waals surface area contributed by atoms with Gasteiger partial charge in [0.25, 0.3) is 0 Å². The van der Waals surface area contributed by atoms with E-state index in [9.17, 15) is 5.11 Å². The highest BCUT2D eigenvalue weighted by Crippen LogP contribution is 2.27. The number of rotatable bonds is 6. The van der Waals surface area contributed by atoms with E-state index in [-0.39, 0.29) is 0 Å². The summed E-state index contributed by atoms with van der Waals surface area (Å²) in [6, 6.07) is 0.613. The van der Waals surface area contributed by atoms with Gasteiger partial charge in [0.15, 0.2) is 0 Å². The molecule has 5 nitrogen and oxygen atoms in total. The molecular formula is C15H28N4O. The molecule has 0 bridgehead atoms. The first-order valence-electron chi connectivity index (χ1n) is 7.78. The molecule has 20 heavy (non-hydrogen) atoms. The van der Waals surface area contributed by atoms with Crippen molar-refractivity contribution < 1.29 is 5.11 Å². The van der Waals surface area contributed by atoms with Crippen LogP contribution in [0.2, 0.25) is 0 Å². The molecule has 114 valence electrons. The second kappa shape index (κ2) is 7.18.